The summed E-state index contributed by atoms with van der Waals surface area (Å²) in [5, 5.41) is 51.1. The molecule has 270 valence electrons. The number of aliphatic imine (C=N–C) groups is 2. The Labute approximate surface area is 347 Å². The molecule has 0 unspecified atom stereocenters. The molecule has 0 bridgehead atoms. The molecule has 22 heteroatoms. The zero-order chi connectivity index (χ0) is 37.3. The molecular formula is C31H30N6Na2O12S2. The summed E-state index contributed by atoms with van der Waals surface area (Å²) in [6, 6.07) is 10.7. The van der Waals surface area contributed by atoms with Gasteiger partial charge < -0.3 is 20.4 Å². The monoisotopic (exact) mass is 788 g/mol. The number of hydrogen-bond donors (Lipinski definition) is 5. The molecule has 18 nitrogen and oxygen atoms in total. The Bertz CT molecular complexity index is 2280. The number of hydrogen-bond acceptors (Lipinski definition) is 13. The van der Waals surface area contributed by atoms with E-state index in [0.717, 1.165) is 21.8 Å². The first kappa shape index (κ1) is 45.6. The zero-order valence-electron chi connectivity index (χ0n) is 28.4. The Balaban J connectivity index is 0.00000486. The van der Waals surface area contributed by atoms with E-state index >= 15 is 0 Å². The third-order valence-electron chi connectivity index (χ3n) is 6.96. The van der Waals surface area contributed by atoms with Gasteiger partial charge in [-0.3, -0.25) is 33.8 Å². The molecule has 0 atom stereocenters. The Morgan fingerprint density at radius 3 is 1.87 bits per heavy atom. The molecule has 0 radical (unpaired) electrons. The molecule has 1 aliphatic heterocycles. The summed E-state index contributed by atoms with van der Waals surface area (Å²) < 4.78 is 67.5. The number of hydrazone groups is 1. The van der Waals surface area contributed by atoms with E-state index in [-0.39, 0.29) is 100 Å². The smallest absolute Gasteiger partial charge is 0.857 e. The maximum atomic E-state index is 13.3. The van der Waals surface area contributed by atoms with Crippen molar-refractivity contribution in [3.8, 4) is 0 Å². The average Bonchev–Trinajstić information content (AvgIpc) is 3.56. The van der Waals surface area contributed by atoms with Crippen LogP contribution in [0.1, 0.15) is 22.4 Å². The molecule has 1 aromatic heterocycles. The average molecular weight is 789 g/mol. The first-order valence-electron chi connectivity index (χ1n) is 14.7. The molecule has 0 fully saturated rings. The Morgan fingerprint density at radius 2 is 1.32 bits per heavy atom. The van der Waals surface area contributed by atoms with Crippen molar-refractivity contribution >= 4 is 49.7 Å². The van der Waals surface area contributed by atoms with Gasteiger partial charge >= 0.3 is 59.1 Å². The number of carbonyl (C=O) groups excluding carboxylic acids is 1. The van der Waals surface area contributed by atoms with Crippen molar-refractivity contribution in [3.05, 3.63) is 111 Å². The fourth-order valence-corrected chi connectivity index (χ4v) is 6.16. The minimum atomic E-state index is -4.66. The predicted molar refractivity (Wildman–Crippen MR) is 179 cm³/mol. The van der Waals surface area contributed by atoms with Crippen LogP contribution in [0.4, 0.5) is 0 Å². The van der Waals surface area contributed by atoms with Gasteiger partial charge in [-0.15, -0.1) is 0 Å². The van der Waals surface area contributed by atoms with Gasteiger partial charge in [0.2, 0.25) is 0 Å². The van der Waals surface area contributed by atoms with E-state index in [9.17, 15) is 45.7 Å². The van der Waals surface area contributed by atoms with Gasteiger partial charge in [0.1, 0.15) is 5.71 Å². The molecule has 0 saturated heterocycles. The number of amides is 1. The number of benzene rings is 2. The quantitative estimate of drug-likeness (QED) is 0.0240. The fraction of sp³-hybridized carbons (Fsp3) is 0.194. The molecule has 0 aliphatic carbocycles. The first-order chi connectivity index (χ1) is 24.2. The van der Waals surface area contributed by atoms with E-state index < -0.39 is 85.3 Å². The summed E-state index contributed by atoms with van der Waals surface area (Å²) in [6.45, 7) is -2.31. The summed E-state index contributed by atoms with van der Waals surface area (Å²) in [4.78, 5) is 33.0. The van der Waals surface area contributed by atoms with Gasteiger partial charge in [0.25, 0.3) is 31.7 Å². The summed E-state index contributed by atoms with van der Waals surface area (Å²) in [5.41, 5.74) is -1.90. The number of aromatic nitrogens is 2. The van der Waals surface area contributed by atoms with Crippen LogP contribution in [0, 0.1) is 0 Å². The minimum absolute atomic E-state index is 0. The SMILES string of the molecule is O=C1C(=CC=CC=Cc2c(C([O-])=NCCO)[nH]n(Cc3ccccc3S(=O)(=O)O)c2=O)C(C([O-])=NCCO)=NN1Cc1ccccc1S(=O)(=O)O.[Na+].[Na+]. The number of H-pyrrole nitrogens is 1. The summed E-state index contributed by atoms with van der Waals surface area (Å²) in [7, 11) is -9.31. The summed E-state index contributed by atoms with van der Waals surface area (Å²) in [5.74, 6) is -2.67. The maximum absolute atomic E-state index is 13.3. The third kappa shape index (κ3) is 11.7. The minimum Gasteiger partial charge on any atom is -0.857 e. The molecule has 2 heterocycles. The maximum Gasteiger partial charge on any atom is 1.00 e. The number of carbonyl (C=O) groups is 1. The van der Waals surface area contributed by atoms with Crippen molar-refractivity contribution in [2.75, 3.05) is 26.3 Å². The van der Waals surface area contributed by atoms with E-state index in [1.54, 1.807) is 0 Å². The second kappa shape index (κ2) is 20.2. The van der Waals surface area contributed by atoms with E-state index in [0.29, 0.717) is 0 Å². The van der Waals surface area contributed by atoms with Gasteiger partial charge in [-0.2, -0.15) is 21.9 Å². The predicted octanol–water partition coefficient (Wildman–Crippen LogP) is -7.53. The zero-order valence-corrected chi connectivity index (χ0v) is 34.0. The van der Waals surface area contributed by atoms with Crippen molar-refractivity contribution in [2.45, 2.75) is 22.9 Å². The van der Waals surface area contributed by atoms with E-state index in [1.807, 2.05) is 0 Å². The molecule has 0 spiro atoms. The van der Waals surface area contributed by atoms with Crippen LogP contribution in [0.3, 0.4) is 0 Å². The number of rotatable bonds is 15. The molecule has 1 amide bonds. The van der Waals surface area contributed by atoms with Gasteiger partial charge in [0.15, 0.2) is 0 Å². The first-order valence-corrected chi connectivity index (χ1v) is 17.6. The molecule has 1 aliphatic rings. The van der Waals surface area contributed by atoms with Crippen molar-refractivity contribution < 1.29 is 110 Å². The largest absolute Gasteiger partial charge is 1.00 e. The van der Waals surface area contributed by atoms with Crippen molar-refractivity contribution in [2.24, 2.45) is 15.1 Å². The van der Waals surface area contributed by atoms with E-state index in [1.165, 1.54) is 66.8 Å². The Morgan fingerprint density at radius 1 is 0.792 bits per heavy atom. The van der Waals surface area contributed by atoms with Crippen molar-refractivity contribution in [1.29, 1.82) is 0 Å². The second-order valence-corrected chi connectivity index (χ2v) is 13.2. The summed E-state index contributed by atoms with van der Waals surface area (Å²) in [6.07, 6.45) is 6.32. The van der Waals surface area contributed by atoms with Crippen LogP contribution in [0.2, 0.25) is 0 Å². The topological polar surface area (TPSA) is 290 Å². The molecule has 53 heavy (non-hydrogen) atoms. The van der Waals surface area contributed by atoms with Crippen LogP contribution in [0.5, 0.6) is 0 Å². The number of nitrogens with zero attached hydrogens (tertiary/aromatic N) is 5. The van der Waals surface area contributed by atoms with E-state index in [4.69, 9.17) is 10.2 Å². The standard InChI is InChI=1S/C31H32N6O12S2.2Na/c38-16-14-32-28(40)26-22(30(42)36(34-26)18-20-8-4-6-12-24(20)50(44,45)46)10-2-1-3-11-23-27(29(41)33-15-17-39)35-37(31(23)43)19-21-9-5-7-13-25(21)51(47,48)49;;/h1-13,34,38-39H,14-19H2,(H,32,40)(H,33,41)(H,44,45,46)(H,47,48,49);;/q;2*+1/p-2. The molecule has 5 N–H and O–H groups in total. The molecular weight excluding hydrogens is 758 g/mol. The number of allylic oxidation sites excluding steroid dienone is 4. The van der Waals surface area contributed by atoms with Gasteiger partial charge in [-0.05, 0) is 35.4 Å². The van der Waals surface area contributed by atoms with Crippen molar-refractivity contribution in [3.63, 3.8) is 0 Å². The van der Waals surface area contributed by atoms with Crippen LogP contribution < -0.4 is 74.9 Å². The molecule has 3 aromatic rings. The Kier molecular flexibility index (Phi) is 17.4. The fourth-order valence-electron chi connectivity index (χ4n) is 4.73. The number of aromatic amines is 1. The van der Waals surface area contributed by atoms with Crippen LogP contribution in [0.15, 0.2) is 108 Å². The van der Waals surface area contributed by atoms with Crippen molar-refractivity contribution in [1.82, 2.24) is 14.8 Å². The number of aliphatic hydroxyl groups excluding tert-OH is 2. The van der Waals surface area contributed by atoms with Gasteiger partial charge in [0.05, 0.1) is 66.0 Å². The van der Waals surface area contributed by atoms with E-state index in [2.05, 4.69) is 20.2 Å². The van der Waals surface area contributed by atoms with Crippen LogP contribution in [0.25, 0.3) is 6.08 Å². The van der Waals surface area contributed by atoms with Gasteiger partial charge in [0, 0.05) is 11.8 Å². The van der Waals surface area contributed by atoms with Crippen LogP contribution in [-0.4, -0.2) is 101 Å². The third-order valence-corrected chi connectivity index (χ3v) is 8.87. The van der Waals surface area contributed by atoms with Gasteiger partial charge in [-0.25, -0.2) is 9.69 Å². The molecule has 4 rings (SSSR count). The molecule has 0 saturated carbocycles. The number of aliphatic hydroxyl groups is 2. The van der Waals surface area contributed by atoms with Gasteiger partial charge in [-0.1, -0.05) is 54.6 Å². The normalized spacial score (nSPS) is 14.9. The Hall–Kier alpha value is -3.51. The summed E-state index contributed by atoms with van der Waals surface area (Å²) >= 11 is 0. The molecule has 2 aromatic carbocycles. The van der Waals surface area contributed by atoms with Crippen LogP contribution in [-0.2, 0) is 38.1 Å². The van der Waals surface area contributed by atoms with Crippen LogP contribution >= 0.6 is 0 Å². The second-order valence-electron chi connectivity index (χ2n) is 10.4. The number of nitrogens with one attached hydrogen (secondary N) is 1.